The lowest BCUT2D eigenvalue weighted by Gasteiger charge is -2.10. The minimum absolute atomic E-state index is 0.0545. The van der Waals surface area contributed by atoms with Crippen LogP contribution in [0.1, 0.15) is 40.0 Å². The van der Waals surface area contributed by atoms with Gasteiger partial charge in [-0.25, -0.2) is 4.99 Å². The summed E-state index contributed by atoms with van der Waals surface area (Å²) in [7, 11) is 0. The molecule has 0 radical (unpaired) electrons. The quantitative estimate of drug-likeness (QED) is 0.819. The SMILES string of the molecule is O=C1N=C(c2ccc(Cl)cc2)c2c(O)[nH]c(C3=CC=C(Cl)CC3)c21. The first kappa shape index (κ1) is 15.2. The van der Waals surface area contributed by atoms with Crippen LogP contribution < -0.4 is 0 Å². The van der Waals surface area contributed by atoms with Gasteiger partial charge in [-0.15, -0.1) is 0 Å². The normalized spacial score (nSPS) is 16.6. The Kier molecular flexibility index (Phi) is 3.59. The number of aliphatic imine (C=N–C) groups is 1. The lowest BCUT2D eigenvalue weighted by molar-refractivity contribution is 0.101. The van der Waals surface area contributed by atoms with Crippen molar-refractivity contribution < 1.29 is 9.90 Å². The van der Waals surface area contributed by atoms with E-state index in [2.05, 4.69) is 9.98 Å². The monoisotopic (exact) mass is 358 g/mol. The molecular formula is C18H12Cl2N2O2. The number of aromatic nitrogens is 1. The first-order valence-corrected chi connectivity index (χ1v) is 8.20. The molecular weight excluding hydrogens is 347 g/mol. The van der Waals surface area contributed by atoms with Crippen LogP contribution in [0, 0.1) is 0 Å². The fourth-order valence-corrected chi connectivity index (χ4v) is 3.31. The van der Waals surface area contributed by atoms with E-state index in [-0.39, 0.29) is 11.8 Å². The number of H-pyrrole nitrogens is 1. The number of allylic oxidation sites excluding steroid dienone is 4. The highest BCUT2D eigenvalue weighted by atomic mass is 35.5. The molecule has 1 aromatic carbocycles. The Balaban J connectivity index is 1.84. The van der Waals surface area contributed by atoms with Gasteiger partial charge in [0.15, 0.2) is 5.88 Å². The largest absolute Gasteiger partial charge is 0.494 e. The Bertz CT molecular complexity index is 950. The van der Waals surface area contributed by atoms with Gasteiger partial charge in [-0.1, -0.05) is 41.4 Å². The lowest BCUT2D eigenvalue weighted by atomic mass is 9.96. The summed E-state index contributed by atoms with van der Waals surface area (Å²) in [5, 5.41) is 11.7. The molecule has 1 aliphatic heterocycles. The third-order valence-electron chi connectivity index (χ3n) is 4.18. The standard InChI is InChI=1S/C18H12Cl2N2O2/c19-11-5-1-9(2-6-11)15-13-14(18(24)21-15)16(22-17(13)23)10-3-7-12(20)8-4-10/h1-3,5-7,22-23H,4,8H2. The first-order chi connectivity index (χ1) is 11.5. The molecule has 0 saturated heterocycles. The van der Waals surface area contributed by atoms with Gasteiger partial charge in [0.25, 0.3) is 5.91 Å². The van der Waals surface area contributed by atoms with Crippen molar-refractivity contribution in [2.45, 2.75) is 12.8 Å². The Morgan fingerprint density at radius 1 is 1.04 bits per heavy atom. The molecule has 0 saturated carbocycles. The summed E-state index contributed by atoms with van der Waals surface area (Å²) in [4.78, 5) is 19.5. The summed E-state index contributed by atoms with van der Waals surface area (Å²) >= 11 is 11.9. The zero-order chi connectivity index (χ0) is 16.8. The second-order valence-electron chi connectivity index (χ2n) is 5.68. The fraction of sp³-hybridized carbons (Fsp3) is 0.111. The Morgan fingerprint density at radius 3 is 2.46 bits per heavy atom. The minimum Gasteiger partial charge on any atom is -0.494 e. The number of rotatable bonds is 2. The number of aromatic hydroxyl groups is 1. The second-order valence-corrected chi connectivity index (χ2v) is 6.60. The highest BCUT2D eigenvalue weighted by Crippen LogP contribution is 2.38. The van der Waals surface area contributed by atoms with E-state index in [4.69, 9.17) is 23.2 Å². The van der Waals surface area contributed by atoms with Crippen molar-refractivity contribution in [1.29, 1.82) is 0 Å². The van der Waals surface area contributed by atoms with E-state index in [0.717, 1.165) is 16.2 Å². The number of benzene rings is 1. The van der Waals surface area contributed by atoms with E-state index in [1.54, 1.807) is 24.3 Å². The number of aromatic amines is 1. The third kappa shape index (κ3) is 2.39. The summed E-state index contributed by atoms with van der Waals surface area (Å²) in [6, 6.07) is 7.00. The van der Waals surface area contributed by atoms with Crippen LogP contribution in [0.5, 0.6) is 5.88 Å². The maximum Gasteiger partial charge on any atom is 0.280 e. The predicted octanol–water partition coefficient (Wildman–Crippen LogP) is 4.66. The van der Waals surface area contributed by atoms with Crippen molar-refractivity contribution in [3.63, 3.8) is 0 Å². The summed E-state index contributed by atoms with van der Waals surface area (Å²) in [5.41, 5.74) is 3.58. The van der Waals surface area contributed by atoms with Crippen LogP contribution in [0.4, 0.5) is 0 Å². The zero-order valence-corrected chi connectivity index (χ0v) is 13.9. The average molecular weight is 359 g/mol. The van der Waals surface area contributed by atoms with E-state index in [1.807, 2.05) is 12.2 Å². The molecule has 2 N–H and O–H groups in total. The van der Waals surface area contributed by atoms with Crippen LogP contribution in [0.25, 0.3) is 5.57 Å². The Morgan fingerprint density at radius 2 is 1.79 bits per heavy atom. The Labute approximate surface area is 148 Å². The maximum atomic E-state index is 12.4. The van der Waals surface area contributed by atoms with Crippen LogP contribution in [-0.4, -0.2) is 21.7 Å². The lowest BCUT2D eigenvalue weighted by Crippen LogP contribution is -1.99. The molecule has 0 unspecified atom stereocenters. The zero-order valence-electron chi connectivity index (χ0n) is 12.4. The summed E-state index contributed by atoms with van der Waals surface area (Å²) in [6.07, 6.45) is 5.09. The number of carbonyl (C=O) groups excluding carboxylic acids is 1. The van der Waals surface area contributed by atoms with Gasteiger partial charge < -0.3 is 10.1 Å². The van der Waals surface area contributed by atoms with Gasteiger partial charge in [-0.2, -0.15) is 0 Å². The van der Waals surface area contributed by atoms with Gasteiger partial charge in [0, 0.05) is 15.6 Å². The minimum atomic E-state index is -0.358. The van der Waals surface area contributed by atoms with Gasteiger partial charge in [-0.05, 0) is 36.6 Å². The number of hydrogen-bond donors (Lipinski definition) is 2. The molecule has 1 aliphatic carbocycles. The number of amides is 1. The number of fused-ring (bicyclic) bond motifs is 1. The predicted molar refractivity (Wildman–Crippen MR) is 95.0 cm³/mol. The maximum absolute atomic E-state index is 12.4. The number of nitrogens with one attached hydrogen (secondary N) is 1. The summed E-state index contributed by atoms with van der Waals surface area (Å²) in [6.45, 7) is 0. The summed E-state index contributed by atoms with van der Waals surface area (Å²) < 4.78 is 0. The average Bonchev–Trinajstić information content (AvgIpc) is 3.08. The molecule has 24 heavy (non-hydrogen) atoms. The van der Waals surface area contributed by atoms with Gasteiger partial charge >= 0.3 is 0 Å². The molecule has 0 spiro atoms. The van der Waals surface area contributed by atoms with Crippen LogP contribution in [0.2, 0.25) is 5.02 Å². The molecule has 0 bridgehead atoms. The van der Waals surface area contributed by atoms with Crippen molar-refractivity contribution in [2.24, 2.45) is 4.99 Å². The van der Waals surface area contributed by atoms with E-state index >= 15 is 0 Å². The van der Waals surface area contributed by atoms with Crippen molar-refractivity contribution in [2.75, 3.05) is 0 Å². The van der Waals surface area contributed by atoms with Crippen molar-refractivity contribution in [3.8, 4) is 5.88 Å². The number of halogens is 2. The highest BCUT2D eigenvalue weighted by Gasteiger charge is 2.34. The highest BCUT2D eigenvalue weighted by molar-refractivity contribution is 6.32. The smallest absolute Gasteiger partial charge is 0.280 e. The fourth-order valence-electron chi connectivity index (χ4n) is 3.02. The summed E-state index contributed by atoms with van der Waals surface area (Å²) in [5.74, 6) is -0.413. The Hall–Kier alpha value is -2.30. The van der Waals surface area contributed by atoms with E-state index in [9.17, 15) is 9.90 Å². The van der Waals surface area contributed by atoms with E-state index in [1.165, 1.54) is 0 Å². The van der Waals surface area contributed by atoms with Gasteiger partial charge in [-0.3, -0.25) is 4.79 Å². The number of hydrogen-bond acceptors (Lipinski definition) is 2. The molecule has 0 fully saturated rings. The molecule has 2 aromatic rings. The topological polar surface area (TPSA) is 65.4 Å². The molecule has 2 heterocycles. The molecule has 0 atom stereocenters. The van der Waals surface area contributed by atoms with Crippen LogP contribution in [0.3, 0.4) is 0 Å². The van der Waals surface area contributed by atoms with E-state index < -0.39 is 0 Å². The first-order valence-electron chi connectivity index (χ1n) is 7.44. The van der Waals surface area contributed by atoms with Crippen LogP contribution in [-0.2, 0) is 0 Å². The molecule has 1 aromatic heterocycles. The number of carbonyl (C=O) groups is 1. The van der Waals surface area contributed by atoms with Gasteiger partial charge in [0.05, 0.1) is 22.5 Å². The van der Waals surface area contributed by atoms with E-state index in [0.29, 0.717) is 40.4 Å². The van der Waals surface area contributed by atoms with Crippen LogP contribution in [0.15, 0.2) is 46.4 Å². The molecule has 1 amide bonds. The third-order valence-corrected chi connectivity index (χ3v) is 4.75. The molecule has 120 valence electrons. The second kappa shape index (κ2) is 5.65. The van der Waals surface area contributed by atoms with Crippen molar-refractivity contribution in [3.05, 3.63) is 68.9 Å². The number of nitrogens with zero attached hydrogens (tertiary/aromatic N) is 1. The molecule has 2 aliphatic rings. The molecule has 4 rings (SSSR count). The molecule has 6 heteroatoms. The van der Waals surface area contributed by atoms with Gasteiger partial charge in [0.2, 0.25) is 0 Å². The molecule has 4 nitrogen and oxygen atoms in total. The van der Waals surface area contributed by atoms with Gasteiger partial charge in [0.1, 0.15) is 0 Å². The van der Waals surface area contributed by atoms with Crippen molar-refractivity contribution >= 4 is 40.4 Å². The van der Waals surface area contributed by atoms with Crippen LogP contribution >= 0.6 is 23.2 Å². The van der Waals surface area contributed by atoms with Crippen molar-refractivity contribution in [1.82, 2.24) is 4.98 Å².